The van der Waals surface area contributed by atoms with E-state index in [4.69, 9.17) is 4.74 Å². The minimum atomic E-state index is -0.440. The van der Waals surface area contributed by atoms with E-state index in [1.165, 1.54) is 16.9 Å². The predicted molar refractivity (Wildman–Crippen MR) is 118 cm³/mol. The largest absolute Gasteiger partial charge is 0.469 e. The first kappa shape index (κ1) is 21.7. The molecule has 0 amide bonds. The summed E-state index contributed by atoms with van der Waals surface area (Å²) in [6, 6.07) is 25.0. The summed E-state index contributed by atoms with van der Waals surface area (Å²) in [5, 5.41) is 0. The Morgan fingerprint density at radius 1 is 0.733 bits per heavy atom. The minimum Gasteiger partial charge on any atom is -0.469 e. The van der Waals surface area contributed by atoms with Gasteiger partial charge in [0.15, 0.2) is 14.7 Å². The van der Waals surface area contributed by atoms with Crippen LogP contribution in [0.25, 0.3) is 0 Å². The lowest BCUT2D eigenvalue weighted by Crippen LogP contribution is -2.13. The highest BCUT2D eigenvalue weighted by molar-refractivity contribution is 7.97. The molecule has 0 radical (unpaired) electrons. The van der Waals surface area contributed by atoms with E-state index in [0.717, 1.165) is 16.0 Å². The summed E-state index contributed by atoms with van der Waals surface area (Å²) in [7, 11) is 1.03. The van der Waals surface area contributed by atoms with Gasteiger partial charge in [0, 0.05) is 12.1 Å². The van der Waals surface area contributed by atoms with Gasteiger partial charge < -0.3 is 9.47 Å². The van der Waals surface area contributed by atoms with Crippen molar-refractivity contribution >= 4 is 22.8 Å². The Balaban J connectivity index is 1.92. The quantitative estimate of drug-likeness (QED) is 0.297. The molecule has 0 aromatic heterocycles. The van der Waals surface area contributed by atoms with Crippen LogP contribution in [0.2, 0.25) is 0 Å². The van der Waals surface area contributed by atoms with E-state index in [2.05, 4.69) is 65.4 Å². The van der Waals surface area contributed by atoms with Crippen LogP contribution in [0.4, 0.5) is 0 Å². The van der Waals surface area contributed by atoms with Crippen LogP contribution >= 0.6 is 0 Å². The van der Waals surface area contributed by atoms with Crippen LogP contribution in [0, 0.1) is 13.8 Å². The van der Waals surface area contributed by atoms with Crippen molar-refractivity contribution in [1.82, 2.24) is 0 Å². The van der Waals surface area contributed by atoms with Gasteiger partial charge in [-0.3, -0.25) is 9.59 Å². The van der Waals surface area contributed by atoms with Crippen molar-refractivity contribution in [2.45, 2.75) is 41.4 Å². The zero-order chi connectivity index (χ0) is 21.5. The van der Waals surface area contributed by atoms with Gasteiger partial charge in [0.1, 0.15) is 5.75 Å². The normalized spacial score (nSPS) is 10.7. The monoisotopic (exact) mass is 421 g/mol. The number of rotatable bonds is 7. The summed E-state index contributed by atoms with van der Waals surface area (Å²) < 4.78 is 10.2. The van der Waals surface area contributed by atoms with Gasteiger partial charge in [-0.25, -0.2) is 0 Å². The van der Waals surface area contributed by atoms with Gasteiger partial charge in [-0.05, 0) is 49.2 Å². The minimum absolute atomic E-state index is 0.00822. The lowest BCUT2D eigenvalue weighted by Gasteiger charge is -2.14. The smallest absolute Gasteiger partial charge is 0.311 e. The average Bonchev–Trinajstić information content (AvgIpc) is 2.76. The first-order valence-corrected chi connectivity index (χ1v) is 10.9. The maximum Gasteiger partial charge on any atom is 0.311 e. The zero-order valence-corrected chi connectivity index (χ0v) is 18.2. The number of hydrogen-bond donors (Lipinski definition) is 0. The number of aryl methyl sites for hydroxylation is 2. The molecule has 0 heterocycles. The van der Waals surface area contributed by atoms with Crippen LogP contribution < -0.4 is 4.74 Å². The summed E-state index contributed by atoms with van der Waals surface area (Å²) in [5.41, 5.74) is 1.78. The summed E-state index contributed by atoms with van der Waals surface area (Å²) in [4.78, 5) is 27.1. The van der Waals surface area contributed by atoms with Crippen molar-refractivity contribution in [1.29, 1.82) is 0 Å². The number of hydrogen-bond acceptors (Lipinski definition) is 4. The van der Waals surface area contributed by atoms with Gasteiger partial charge >= 0.3 is 11.9 Å². The fourth-order valence-corrected chi connectivity index (χ4v) is 5.45. The topological polar surface area (TPSA) is 52.6 Å². The number of carbonyl (C=O) groups is 2. The van der Waals surface area contributed by atoms with Gasteiger partial charge in [0.25, 0.3) is 0 Å². The molecule has 0 spiro atoms. The molecule has 0 aliphatic heterocycles. The third-order valence-corrected chi connectivity index (χ3v) is 6.80. The number of esters is 2. The Morgan fingerprint density at radius 2 is 1.20 bits per heavy atom. The number of benzene rings is 3. The van der Waals surface area contributed by atoms with Crippen LogP contribution in [0.1, 0.15) is 24.0 Å². The molecule has 0 aliphatic carbocycles. The highest BCUT2D eigenvalue weighted by atomic mass is 32.2. The molecular weight excluding hydrogens is 396 g/mol. The summed E-state index contributed by atoms with van der Waals surface area (Å²) in [6.07, 6.45) is 0.00267. The maximum absolute atomic E-state index is 12.2. The Bertz CT molecular complexity index is 953. The fraction of sp³-hybridized carbons (Fsp3) is 0.200. The lowest BCUT2D eigenvalue weighted by molar-refractivity contribution is -0.144. The molecule has 30 heavy (non-hydrogen) atoms. The van der Waals surface area contributed by atoms with Crippen molar-refractivity contribution < 1.29 is 19.1 Å². The Morgan fingerprint density at radius 3 is 1.67 bits per heavy atom. The van der Waals surface area contributed by atoms with Crippen molar-refractivity contribution in [2.24, 2.45) is 0 Å². The predicted octanol–water partition coefficient (Wildman–Crippen LogP) is 5.26. The standard InChI is InChI=1S/C25H25O4S/c1-18-16-22(17-19(2)25(18)29-24(27)15-14-23(26)28-3)30(20-10-6-4-7-11-20)21-12-8-5-9-13-21/h4-13,16-17H,14-15H2,1-3H3/q+1. The van der Waals surface area contributed by atoms with Gasteiger partial charge in [-0.2, -0.15) is 0 Å². The molecule has 0 N–H and O–H groups in total. The van der Waals surface area contributed by atoms with Gasteiger partial charge in [0.05, 0.1) is 30.8 Å². The van der Waals surface area contributed by atoms with E-state index in [1.807, 2.05) is 26.0 Å². The van der Waals surface area contributed by atoms with Crippen LogP contribution in [0.3, 0.4) is 0 Å². The highest BCUT2D eigenvalue weighted by Crippen LogP contribution is 2.35. The molecule has 0 unspecified atom stereocenters. The second kappa shape index (κ2) is 10.1. The SMILES string of the molecule is COC(=O)CCC(=O)Oc1c(C)cc([S+](c2ccccc2)c2ccccc2)cc1C. The molecule has 0 bridgehead atoms. The van der Waals surface area contributed by atoms with E-state index in [-0.39, 0.29) is 23.7 Å². The fourth-order valence-electron chi connectivity index (χ4n) is 3.18. The van der Waals surface area contributed by atoms with Crippen molar-refractivity contribution in [3.63, 3.8) is 0 Å². The van der Waals surface area contributed by atoms with E-state index < -0.39 is 11.9 Å². The number of ether oxygens (including phenoxy) is 2. The second-order valence-corrected chi connectivity index (χ2v) is 8.90. The second-order valence-electron chi connectivity index (χ2n) is 6.87. The van der Waals surface area contributed by atoms with Gasteiger partial charge in [-0.15, -0.1) is 0 Å². The molecule has 3 rings (SSSR count). The average molecular weight is 422 g/mol. The van der Waals surface area contributed by atoms with Gasteiger partial charge in [-0.1, -0.05) is 36.4 Å². The summed E-state index contributed by atoms with van der Waals surface area (Å²) in [5.74, 6) is -0.312. The lowest BCUT2D eigenvalue weighted by atomic mass is 10.1. The number of carbonyl (C=O) groups excluding carboxylic acids is 2. The number of methoxy groups -OCH3 is 1. The Hall–Kier alpha value is -3.05. The molecule has 0 saturated heterocycles. The first-order chi connectivity index (χ1) is 14.5. The van der Waals surface area contributed by atoms with Gasteiger partial charge in [0.2, 0.25) is 0 Å². The molecule has 154 valence electrons. The third-order valence-electron chi connectivity index (χ3n) is 4.60. The molecule has 0 atom stereocenters. The van der Waals surface area contributed by atoms with Crippen LogP contribution in [-0.2, 0) is 25.2 Å². The van der Waals surface area contributed by atoms with Crippen LogP contribution in [-0.4, -0.2) is 19.0 Å². The van der Waals surface area contributed by atoms with Crippen molar-refractivity contribution in [3.05, 3.63) is 83.9 Å². The third kappa shape index (κ3) is 5.30. The summed E-state index contributed by atoms with van der Waals surface area (Å²) >= 11 is 0. The molecule has 4 nitrogen and oxygen atoms in total. The van der Waals surface area contributed by atoms with E-state index >= 15 is 0 Å². The zero-order valence-electron chi connectivity index (χ0n) is 17.4. The van der Waals surface area contributed by atoms with E-state index in [0.29, 0.717) is 5.75 Å². The molecule has 5 heteroatoms. The highest BCUT2D eigenvalue weighted by Gasteiger charge is 2.29. The first-order valence-electron chi connectivity index (χ1n) is 9.72. The molecule has 3 aromatic carbocycles. The molecule has 3 aromatic rings. The maximum atomic E-state index is 12.2. The van der Waals surface area contributed by atoms with Crippen molar-refractivity contribution in [2.75, 3.05) is 7.11 Å². The molecular formula is C25H25O4S+. The van der Waals surface area contributed by atoms with E-state index in [9.17, 15) is 9.59 Å². The Labute approximate surface area is 180 Å². The Kier molecular flexibility index (Phi) is 7.31. The summed E-state index contributed by atoms with van der Waals surface area (Å²) in [6.45, 7) is 3.88. The van der Waals surface area contributed by atoms with Crippen LogP contribution in [0.15, 0.2) is 87.5 Å². The molecule has 0 aliphatic rings. The molecule has 0 fully saturated rings. The van der Waals surface area contributed by atoms with E-state index in [1.54, 1.807) is 0 Å². The van der Waals surface area contributed by atoms with Crippen molar-refractivity contribution in [3.8, 4) is 5.75 Å². The van der Waals surface area contributed by atoms with Crippen LogP contribution in [0.5, 0.6) is 5.75 Å². The molecule has 0 saturated carbocycles.